The maximum Gasteiger partial charge on any atom is 0.224 e. The number of amides is 1. The van der Waals surface area contributed by atoms with Crippen LogP contribution in [0.25, 0.3) is 0 Å². The monoisotopic (exact) mass is 394 g/mol. The van der Waals surface area contributed by atoms with Crippen LogP contribution >= 0.6 is 0 Å². The molecule has 0 unspecified atom stereocenters. The van der Waals surface area contributed by atoms with E-state index in [0.29, 0.717) is 19.3 Å². The van der Waals surface area contributed by atoms with Gasteiger partial charge in [-0.15, -0.1) is 0 Å². The van der Waals surface area contributed by atoms with Gasteiger partial charge < -0.3 is 15.4 Å². The van der Waals surface area contributed by atoms with Crippen molar-refractivity contribution in [2.75, 3.05) is 25.5 Å². The number of benzene rings is 2. The van der Waals surface area contributed by atoms with Crippen molar-refractivity contribution in [3.05, 3.63) is 59.2 Å². The molecule has 0 aromatic heterocycles. The zero-order chi connectivity index (χ0) is 20.5. The lowest BCUT2D eigenvalue weighted by molar-refractivity contribution is -0.116. The number of Topliss-reactive ketones (excluding diaryl/α,β-unsaturated/α-hetero) is 1. The number of nitrogens with one attached hydrogen (secondary N) is 2. The van der Waals surface area contributed by atoms with E-state index in [1.165, 1.54) is 5.56 Å². The predicted molar refractivity (Wildman–Crippen MR) is 116 cm³/mol. The Bertz CT molecular complexity index is 848. The molecule has 2 N–H and O–H groups in total. The first-order valence-electron chi connectivity index (χ1n) is 10.5. The van der Waals surface area contributed by atoms with Crippen molar-refractivity contribution in [2.45, 2.75) is 44.9 Å². The van der Waals surface area contributed by atoms with E-state index < -0.39 is 0 Å². The Morgan fingerprint density at radius 2 is 1.93 bits per heavy atom. The van der Waals surface area contributed by atoms with Crippen LogP contribution < -0.4 is 15.4 Å². The average Bonchev–Trinajstić information content (AvgIpc) is 2.75. The molecule has 154 valence electrons. The summed E-state index contributed by atoms with van der Waals surface area (Å²) in [6, 6.07) is 13.7. The quantitative estimate of drug-likeness (QED) is 0.444. The Morgan fingerprint density at radius 3 is 2.79 bits per heavy atom. The molecule has 1 amide bonds. The lowest BCUT2D eigenvalue weighted by Gasteiger charge is -2.17. The maximum absolute atomic E-state index is 12.4. The van der Waals surface area contributed by atoms with Crippen molar-refractivity contribution in [3.63, 3.8) is 0 Å². The number of anilines is 1. The Kier molecular flexibility index (Phi) is 7.82. The van der Waals surface area contributed by atoms with E-state index in [4.69, 9.17) is 4.74 Å². The number of fused-ring (bicyclic) bond motifs is 1. The molecule has 0 saturated carbocycles. The second-order valence-electron chi connectivity index (χ2n) is 7.47. The minimum absolute atomic E-state index is 0.0492. The third-order valence-corrected chi connectivity index (χ3v) is 5.34. The number of para-hydroxylation sites is 1. The summed E-state index contributed by atoms with van der Waals surface area (Å²) in [5, 5.41) is 6.32. The molecule has 2 aromatic rings. The fourth-order valence-electron chi connectivity index (χ4n) is 3.67. The van der Waals surface area contributed by atoms with Crippen molar-refractivity contribution in [1.29, 1.82) is 0 Å². The van der Waals surface area contributed by atoms with Crippen LogP contribution in [-0.2, 0) is 17.6 Å². The molecular weight excluding hydrogens is 364 g/mol. The van der Waals surface area contributed by atoms with Gasteiger partial charge in [0.2, 0.25) is 5.91 Å². The molecule has 0 aliphatic carbocycles. The largest absolute Gasteiger partial charge is 0.496 e. The molecule has 0 bridgehead atoms. The molecular formula is C24H30N2O3. The molecule has 29 heavy (non-hydrogen) atoms. The fraction of sp³-hybridized carbons (Fsp3) is 0.417. The molecule has 0 radical (unpaired) electrons. The first-order valence-corrected chi connectivity index (χ1v) is 10.5. The van der Waals surface area contributed by atoms with E-state index in [9.17, 15) is 9.59 Å². The summed E-state index contributed by atoms with van der Waals surface area (Å²) < 4.78 is 5.37. The van der Waals surface area contributed by atoms with Gasteiger partial charge in [-0.25, -0.2) is 0 Å². The number of carbonyl (C=O) groups is 2. The molecule has 1 aliphatic rings. The van der Waals surface area contributed by atoms with Crippen LogP contribution in [0.2, 0.25) is 0 Å². The van der Waals surface area contributed by atoms with Gasteiger partial charge in [0.15, 0.2) is 5.78 Å². The zero-order valence-electron chi connectivity index (χ0n) is 17.1. The van der Waals surface area contributed by atoms with Gasteiger partial charge in [-0.1, -0.05) is 24.6 Å². The summed E-state index contributed by atoms with van der Waals surface area (Å²) in [5.41, 5.74) is 3.89. The maximum atomic E-state index is 12.4. The standard InChI is InChI=1S/C24H30N2O3/c1-29-23-9-5-4-7-18(23)14-16-25-15-6-2-3-8-22(27)20-10-12-21-19(17-20)11-13-24(28)26-21/h4-5,7,9-10,12,17,25H,2-3,6,8,11,13-16H2,1H3,(H,26,28). The van der Waals surface area contributed by atoms with Crippen molar-refractivity contribution in [2.24, 2.45) is 0 Å². The van der Waals surface area contributed by atoms with Crippen LogP contribution in [0.4, 0.5) is 5.69 Å². The van der Waals surface area contributed by atoms with Crippen molar-refractivity contribution in [1.82, 2.24) is 5.32 Å². The van der Waals surface area contributed by atoms with Gasteiger partial charge in [0.1, 0.15) is 5.75 Å². The highest BCUT2D eigenvalue weighted by atomic mass is 16.5. The third-order valence-electron chi connectivity index (χ3n) is 5.34. The number of methoxy groups -OCH3 is 1. The van der Waals surface area contributed by atoms with Crippen LogP contribution in [-0.4, -0.2) is 31.9 Å². The smallest absolute Gasteiger partial charge is 0.224 e. The first kappa shape index (κ1) is 21.1. The first-order chi connectivity index (χ1) is 14.2. The molecule has 2 aromatic carbocycles. The normalized spacial score (nSPS) is 12.9. The lowest BCUT2D eigenvalue weighted by Crippen LogP contribution is -2.19. The highest BCUT2D eigenvalue weighted by Crippen LogP contribution is 2.24. The Hall–Kier alpha value is -2.66. The second kappa shape index (κ2) is 10.8. The molecule has 0 spiro atoms. The van der Waals surface area contributed by atoms with Gasteiger partial charge in [0.25, 0.3) is 0 Å². The number of hydrogen-bond acceptors (Lipinski definition) is 4. The number of hydrogen-bond donors (Lipinski definition) is 2. The highest BCUT2D eigenvalue weighted by Gasteiger charge is 2.16. The molecule has 0 fully saturated rings. The van der Waals surface area contributed by atoms with Gasteiger partial charge >= 0.3 is 0 Å². The molecule has 0 atom stereocenters. The number of rotatable bonds is 11. The summed E-state index contributed by atoms with van der Waals surface area (Å²) in [7, 11) is 1.70. The van der Waals surface area contributed by atoms with E-state index in [2.05, 4.69) is 16.7 Å². The number of ether oxygens (including phenoxy) is 1. The lowest BCUT2D eigenvalue weighted by atomic mass is 9.97. The Labute approximate surface area is 172 Å². The van der Waals surface area contributed by atoms with Gasteiger partial charge in [0, 0.05) is 24.1 Å². The number of unbranched alkanes of at least 4 members (excludes halogenated alkanes) is 2. The Morgan fingerprint density at radius 1 is 1.07 bits per heavy atom. The van der Waals surface area contributed by atoms with E-state index in [1.54, 1.807) is 7.11 Å². The topological polar surface area (TPSA) is 67.4 Å². The van der Waals surface area contributed by atoms with Gasteiger partial charge in [0.05, 0.1) is 7.11 Å². The highest BCUT2D eigenvalue weighted by molar-refractivity contribution is 5.98. The third kappa shape index (κ3) is 6.16. The SMILES string of the molecule is COc1ccccc1CCNCCCCCC(=O)c1ccc2c(c1)CCC(=O)N2. The van der Waals surface area contributed by atoms with Crippen LogP contribution in [0.5, 0.6) is 5.75 Å². The molecule has 1 aliphatic heterocycles. The average molecular weight is 395 g/mol. The predicted octanol–water partition coefficient (Wildman–Crippen LogP) is 4.16. The van der Waals surface area contributed by atoms with Crippen molar-refractivity contribution < 1.29 is 14.3 Å². The van der Waals surface area contributed by atoms with Gasteiger partial charge in [-0.3, -0.25) is 9.59 Å². The number of aryl methyl sites for hydroxylation is 1. The fourth-order valence-corrected chi connectivity index (χ4v) is 3.67. The van der Waals surface area contributed by atoms with Crippen LogP contribution in [0.15, 0.2) is 42.5 Å². The van der Waals surface area contributed by atoms with E-state index in [-0.39, 0.29) is 11.7 Å². The van der Waals surface area contributed by atoms with Gasteiger partial charge in [-0.05, 0) is 74.2 Å². The van der Waals surface area contributed by atoms with Crippen LogP contribution in [0.3, 0.4) is 0 Å². The minimum Gasteiger partial charge on any atom is -0.496 e. The number of ketones is 1. The summed E-state index contributed by atoms with van der Waals surface area (Å²) in [5.74, 6) is 1.18. The molecule has 1 heterocycles. The van der Waals surface area contributed by atoms with Crippen LogP contribution in [0.1, 0.15) is 53.6 Å². The summed E-state index contributed by atoms with van der Waals surface area (Å²) in [6.07, 6.45) is 5.73. The molecule has 0 saturated heterocycles. The van der Waals surface area contributed by atoms with Crippen LogP contribution in [0, 0.1) is 0 Å². The van der Waals surface area contributed by atoms with E-state index in [0.717, 1.165) is 61.3 Å². The summed E-state index contributed by atoms with van der Waals surface area (Å²) >= 11 is 0. The summed E-state index contributed by atoms with van der Waals surface area (Å²) in [4.78, 5) is 23.9. The molecule has 5 nitrogen and oxygen atoms in total. The zero-order valence-corrected chi connectivity index (χ0v) is 17.1. The number of carbonyl (C=O) groups excluding carboxylic acids is 2. The van der Waals surface area contributed by atoms with Gasteiger partial charge in [-0.2, -0.15) is 0 Å². The molecule has 3 rings (SSSR count). The minimum atomic E-state index is 0.0492. The second-order valence-corrected chi connectivity index (χ2v) is 7.47. The van der Waals surface area contributed by atoms with E-state index >= 15 is 0 Å². The van der Waals surface area contributed by atoms with E-state index in [1.807, 2.05) is 36.4 Å². The summed E-state index contributed by atoms with van der Waals surface area (Å²) in [6.45, 7) is 1.88. The van der Waals surface area contributed by atoms with Crippen molar-refractivity contribution in [3.8, 4) is 5.75 Å². The molecule has 5 heteroatoms. The van der Waals surface area contributed by atoms with Crippen molar-refractivity contribution >= 4 is 17.4 Å². The Balaban J connectivity index is 1.30.